The lowest BCUT2D eigenvalue weighted by molar-refractivity contribution is 0.0697. The topological polar surface area (TPSA) is 78.4 Å². The first-order chi connectivity index (χ1) is 8.81. The van der Waals surface area contributed by atoms with Crippen LogP contribution in [-0.2, 0) is 0 Å². The summed E-state index contributed by atoms with van der Waals surface area (Å²) in [7, 11) is 0. The zero-order chi connectivity index (χ0) is 14.6. The molecule has 0 aromatic heterocycles. The van der Waals surface area contributed by atoms with E-state index in [9.17, 15) is 14.0 Å². The first-order valence-corrected chi connectivity index (χ1v) is 5.91. The molecule has 0 bridgehead atoms. The van der Waals surface area contributed by atoms with Crippen LogP contribution in [-0.4, -0.2) is 23.1 Å². The van der Waals surface area contributed by atoms with Crippen molar-refractivity contribution < 1.29 is 19.1 Å². The van der Waals surface area contributed by atoms with E-state index in [1.807, 2.05) is 20.8 Å². The van der Waals surface area contributed by atoms with Crippen LogP contribution >= 0.6 is 0 Å². The molecule has 19 heavy (non-hydrogen) atoms. The Morgan fingerprint density at radius 1 is 1.26 bits per heavy atom. The van der Waals surface area contributed by atoms with Crippen LogP contribution in [0.1, 0.15) is 31.1 Å². The maximum Gasteiger partial charge on any atom is 0.337 e. The van der Waals surface area contributed by atoms with Gasteiger partial charge in [0.1, 0.15) is 5.82 Å². The molecule has 1 atom stereocenters. The molecule has 1 rings (SSSR count). The van der Waals surface area contributed by atoms with Gasteiger partial charge in [-0.3, -0.25) is 0 Å². The second kappa shape index (κ2) is 6.17. The molecule has 3 N–H and O–H groups in total. The maximum absolute atomic E-state index is 13.0. The van der Waals surface area contributed by atoms with Gasteiger partial charge in [-0.1, -0.05) is 13.8 Å². The minimum Gasteiger partial charge on any atom is -0.478 e. The predicted molar refractivity (Wildman–Crippen MR) is 69.8 cm³/mol. The molecule has 1 aromatic carbocycles. The number of rotatable bonds is 4. The number of nitrogens with one attached hydrogen (secondary N) is 2. The number of anilines is 1. The third-order valence-electron chi connectivity index (χ3n) is 2.82. The van der Waals surface area contributed by atoms with Gasteiger partial charge in [-0.15, -0.1) is 0 Å². The fraction of sp³-hybridized carbons (Fsp3) is 0.385. The first-order valence-electron chi connectivity index (χ1n) is 5.91. The van der Waals surface area contributed by atoms with Crippen LogP contribution in [0.15, 0.2) is 18.2 Å². The molecule has 104 valence electrons. The van der Waals surface area contributed by atoms with Crippen LogP contribution in [0.3, 0.4) is 0 Å². The van der Waals surface area contributed by atoms with Crippen molar-refractivity contribution in [1.82, 2.24) is 5.32 Å². The summed E-state index contributed by atoms with van der Waals surface area (Å²) in [6, 6.07) is 2.60. The van der Waals surface area contributed by atoms with Crippen molar-refractivity contribution in [2.75, 3.05) is 5.32 Å². The second-order valence-corrected chi connectivity index (χ2v) is 4.63. The van der Waals surface area contributed by atoms with Gasteiger partial charge in [0, 0.05) is 6.04 Å². The van der Waals surface area contributed by atoms with Crippen LogP contribution in [0.5, 0.6) is 0 Å². The number of carboxylic acid groups (broad SMARTS) is 1. The summed E-state index contributed by atoms with van der Waals surface area (Å²) in [5.41, 5.74) is -0.227. The Balaban J connectivity index is 2.82. The van der Waals surface area contributed by atoms with Crippen LogP contribution < -0.4 is 10.6 Å². The monoisotopic (exact) mass is 268 g/mol. The highest BCUT2D eigenvalue weighted by Crippen LogP contribution is 2.17. The summed E-state index contributed by atoms with van der Waals surface area (Å²) >= 11 is 0. The Bertz CT molecular complexity index is 489. The lowest BCUT2D eigenvalue weighted by Gasteiger charge is -2.18. The van der Waals surface area contributed by atoms with E-state index < -0.39 is 17.8 Å². The molecule has 0 aliphatic rings. The van der Waals surface area contributed by atoms with Gasteiger partial charge in [0.25, 0.3) is 0 Å². The number of halogens is 1. The van der Waals surface area contributed by atoms with Crippen molar-refractivity contribution in [2.24, 2.45) is 5.92 Å². The standard InChI is InChI=1S/C13H17FN2O3/c1-7(2)8(3)15-13(19)16-11-5-4-9(14)6-10(11)12(17)18/h4-8H,1-3H3,(H,17,18)(H2,15,16,19). The van der Waals surface area contributed by atoms with E-state index in [4.69, 9.17) is 5.11 Å². The van der Waals surface area contributed by atoms with Crippen LogP contribution in [0.4, 0.5) is 14.9 Å². The molecule has 1 aromatic rings. The highest BCUT2D eigenvalue weighted by molar-refractivity contribution is 6.00. The number of urea groups is 1. The lowest BCUT2D eigenvalue weighted by Crippen LogP contribution is -2.39. The third kappa shape index (κ3) is 4.24. The molecule has 0 aliphatic heterocycles. The van der Waals surface area contributed by atoms with Gasteiger partial charge in [-0.2, -0.15) is 0 Å². The number of aromatic carboxylic acids is 1. The van der Waals surface area contributed by atoms with E-state index >= 15 is 0 Å². The van der Waals surface area contributed by atoms with E-state index in [0.29, 0.717) is 0 Å². The summed E-state index contributed by atoms with van der Waals surface area (Å²) in [6.45, 7) is 5.74. The molecule has 1 unspecified atom stereocenters. The fourth-order valence-corrected chi connectivity index (χ4v) is 1.33. The Morgan fingerprint density at radius 2 is 1.89 bits per heavy atom. The van der Waals surface area contributed by atoms with Gasteiger partial charge in [-0.05, 0) is 31.0 Å². The maximum atomic E-state index is 13.0. The second-order valence-electron chi connectivity index (χ2n) is 4.63. The molecule has 0 spiro atoms. The number of carbonyl (C=O) groups excluding carboxylic acids is 1. The highest BCUT2D eigenvalue weighted by atomic mass is 19.1. The van der Waals surface area contributed by atoms with Gasteiger partial charge < -0.3 is 15.7 Å². The van der Waals surface area contributed by atoms with Crippen molar-refractivity contribution >= 4 is 17.7 Å². The minimum absolute atomic E-state index is 0.0577. The smallest absolute Gasteiger partial charge is 0.337 e. The molecule has 2 amide bonds. The van der Waals surface area contributed by atoms with Crippen LogP contribution in [0.2, 0.25) is 0 Å². The Labute approximate surface area is 110 Å². The number of hydrogen-bond acceptors (Lipinski definition) is 2. The summed E-state index contributed by atoms with van der Waals surface area (Å²) < 4.78 is 13.0. The quantitative estimate of drug-likeness (QED) is 0.785. The molecular formula is C13H17FN2O3. The summed E-state index contributed by atoms with van der Waals surface area (Å²) in [4.78, 5) is 22.6. The largest absolute Gasteiger partial charge is 0.478 e. The van der Waals surface area contributed by atoms with Gasteiger partial charge in [0.15, 0.2) is 0 Å². The van der Waals surface area contributed by atoms with Crippen molar-refractivity contribution in [3.63, 3.8) is 0 Å². The van der Waals surface area contributed by atoms with Crippen molar-refractivity contribution in [3.8, 4) is 0 Å². The fourth-order valence-electron chi connectivity index (χ4n) is 1.33. The SMILES string of the molecule is CC(C)C(C)NC(=O)Nc1ccc(F)cc1C(=O)O. The average molecular weight is 268 g/mol. The van der Waals surface area contributed by atoms with E-state index in [1.54, 1.807) is 0 Å². The van der Waals surface area contributed by atoms with E-state index in [0.717, 1.165) is 12.1 Å². The zero-order valence-corrected chi connectivity index (χ0v) is 11.0. The number of amides is 2. The van der Waals surface area contributed by atoms with E-state index in [1.165, 1.54) is 6.07 Å². The van der Waals surface area contributed by atoms with Crippen molar-refractivity contribution in [3.05, 3.63) is 29.6 Å². The Morgan fingerprint density at radius 3 is 2.42 bits per heavy atom. The van der Waals surface area contributed by atoms with Gasteiger partial charge in [0.05, 0.1) is 11.3 Å². The number of benzene rings is 1. The molecule has 0 saturated carbocycles. The Kier molecular flexibility index (Phi) is 4.86. The summed E-state index contributed by atoms with van der Waals surface area (Å²) in [5.74, 6) is -1.72. The third-order valence-corrected chi connectivity index (χ3v) is 2.82. The zero-order valence-electron chi connectivity index (χ0n) is 11.0. The van der Waals surface area contributed by atoms with Crippen LogP contribution in [0, 0.1) is 11.7 Å². The molecular weight excluding hydrogens is 251 g/mol. The number of carboxylic acids is 1. The number of hydrogen-bond donors (Lipinski definition) is 3. The summed E-state index contributed by atoms with van der Waals surface area (Å²) in [5, 5.41) is 14.0. The van der Waals surface area contributed by atoms with E-state index in [2.05, 4.69) is 10.6 Å². The lowest BCUT2D eigenvalue weighted by atomic mass is 10.1. The molecule has 0 saturated heterocycles. The van der Waals surface area contributed by atoms with Gasteiger partial charge in [-0.25, -0.2) is 14.0 Å². The predicted octanol–water partition coefficient (Wildman–Crippen LogP) is 2.69. The van der Waals surface area contributed by atoms with Gasteiger partial charge in [0.2, 0.25) is 0 Å². The first kappa shape index (κ1) is 14.9. The van der Waals surface area contributed by atoms with Crippen molar-refractivity contribution in [2.45, 2.75) is 26.8 Å². The van der Waals surface area contributed by atoms with Crippen molar-refractivity contribution in [1.29, 1.82) is 0 Å². The highest BCUT2D eigenvalue weighted by Gasteiger charge is 2.15. The van der Waals surface area contributed by atoms with Gasteiger partial charge >= 0.3 is 12.0 Å². The van der Waals surface area contributed by atoms with E-state index in [-0.39, 0.29) is 23.2 Å². The normalized spacial score (nSPS) is 12.1. The minimum atomic E-state index is -1.30. The molecule has 6 heteroatoms. The van der Waals surface area contributed by atoms with Crippen LogP contribution in [0.25, 0.3) is 0 Å². The molecule has 0 radical (unpaired) electrons. The Hall–Kier alpha value is -2.11. The average Bonchev–Trinajstić information content (AvgIpc) is 2.30. The molecule has 0 heterocycles. The number of carbonyl (C=O) groups is 2. The molecule has 5 nitrogen and oxygen atoms in total. The summed E-state index contributed by atoms with van der Waals surface area (Å²) in [6.07, 6.45) is 0. The molecule has 0 aliphatic carbocycles. The molecule has 0 fully saturated rings.